The SMILES string of the molecule is Oc1cccc(CN2C3CCC2CN(CCCc2ccccc2)C3)c1. The highest BCUT2D eigenvalue weighted by molar-refractivity contribution is 5.27. The quantitative estimate of drug-likeness (QED) is 0.872. The Balaban J connectivity index is 1.29. The van der Waals surface area contributed by atoms with Crippen molar-refractivity contribution in [3.8, 4) is 5.75 Å². The molecule has 2 aliphatic rings. The maximum Gasteiger partial charge on any atom is 0.115 e. The average molecular weight is 336 g/mol. The predicted octanol–water partition coefficient (Wildman–Crippen LogP) is 3.67. The molecule has 0 spiro atoms. The van der Waals surface area contributed by atoms with Gasteiger partial charge in [-0.2, -0.15) is 0 Å². The van der Waals surface area contributed by atoms with Crippen molar-refractivity contribution in [1.29, 1.82) is 0 Å². The van der Waals surface area contributed by atoms with E-state index in [4.69, 9.17) is 0 Å². The van der Waals surface area contributed by atoms with Crippen LogP contribution in [0.3, 0.4) is 0 Å². The Labute approximate surface area is 150 Å². The minimum Gasteiger partial charge on any atom is -0.508 e. The Morgan fingerprint density at radius 3 is 2.32 bits per heavy atom. The summed E-state index contributed by atoms with van der Waals surface area (Å²) < 4.78 is 0. The molecule has 3 nitrogen and oxygen atoms in total. The van der Waals surface area contributed by atoms with Crippen LogP contribution in [0.25, 0.3) is 0 Å². The number of hydrogen-bond donors (Lipinski definition) is 1. The molecule has 0 amide bonds. The molecule has 2 unspecified atom stereocenters. The molecule has 2 aromatic rings. The minimum atomic E-state index is 0.379. The van der Waals surface area contributed by atoms with Gasteiger partial charge in [0.05, 0.1) is 0 Å². The lowest BCUT2D eigenvalue weighted by Gasteiger charge is -2.41. The summed E-state index contributed by atoms with van der Waals surface area (Å²) >= 11 is 0. The molecular formula is C22H28N2O. The Morgan fingerprint density at radius 2 is 1.60 bits per heavy atom. The molecule has 4 rings (SSSR count). The third kappa shape index (κ3) is 4.05. The molecule has 2 bridgehead atoms. The van der Waals surface area contributed by atoms with Gasteiger partial charge in [-0.15, -0.1) is 0 Å². The maximum atomic E-state index is 9.70. The number of nitrogens with zero attached hydrogens (tertiary/aromatic N) is 2. The minimum absolute atomic E-state index is 0.379. The van der Waals surface area contributed by atoms with Crippen LogP contribution in [0.1, 0.15) is 30.4 Å². The third-order valence-electron chi connectivity index (χ3n) is 5.77. The normalized spacial score (nSPS) is 23.8. The van der Waals surface area contributed by atoms with Crippen LogP contribution >= 0.6 is 0 Å². The number of likely N-dealkylation sites (tertiary alicyclic amines) is 1. The lowest BCUT2D eigenvalue weighted by atomic mass is 10.1. The molecule has 2 heterocycles. The highest BCUT2D eigenvalue weighted by atomic mass is 16.3. The number of piperazine rings is 1. The summed E-state index contributed by atoms with van der Waals surface area (Å²) in [6, 6.07) is 19.9. The molecule has 1 N–H and O–H groups in total. The van der Waals surface area contributed by atoms with E-state index in [0.29, 0.717) is 17.8 Å². The molecule has 0 aromatic heterocycles. The Kier molecular flexibility index (Phi) is 5.04. The van der Waals surface area contributed by atoms with E-state index >= 15 is 0 Å². The summed E-state index contributed by atoms with van der Waals surface area (Å²) in [5.74, 6) is 0.379. The van der Waals surface area contributed by atoms with Crippen LogP contribution in [0.15, 0.2) is 54.6 Å². The number of rotatable bonds is 6. The Hall–Kier alpha value is -1.84. The topological polar surface area (TPSA) is 26.7 Å². The number of aryl methyl sites for hydroxylation is 1. The van der Waals surface area contributed by atoms with Crippen LogP contribution in [0.4, 0.5) is 0 Å². The number of phenols is 1. The Bertz CT molecular complexity index is 673. The summed E-state index contributed by atoms with van der Waals surface area (Å²) in [7, 11) is 0. The summed E-state index contributed by atoms with van der Waals surface area (Å²) in [5.41, 5.74) is 2.68. The average Bonchev–Trinajstić information content (AvgIpc) is 2.85. The van der Waals surface area contributed by atoms with Gasteiger partial charge in [-0.05, 0) is 55.5 Å². The van der Waals surface area contributed by atoms with Gasteiger partial charge < -0.3 is 10.0 Å². The summed E-state index contributed by atoms with van der Waals surface area (Å²) in [4.78, 5) is 5.34. The van der Waals surface area contributed by atoms with E-state index in [-0.39, 0.29) is 0 Å². The van der Waals surface area contributed by atoms with Crippen LogP contribution in [-0.4, -0.2) is 46.6 Å². The molecule has 0 saturated carbocycles. The van der Waals surface area contributed by atoms with E-state index in [1.54, 1.807) is 6.07 Å². The van der Waals surface area contributed by atoms with Gasteiger partial charge in [-0.25, -0.2) is 0 Å². The summed E-state index contributed by atoms with van der Waals surface area (Å²) in [6.07, 6.45) is 5.06. The third-order valence-corrected chi connectivity index (χ3v) is 5.77. The zero-order valence-electron chi connectivity index (χ0n) is 14.8. The van der Waals surface area contributed by atoms with Gasteiger partial charge in [0.1, 0.15) is 5.75 Å². The van der Waals surface area contributed by atoms with Crippen LogP contribution in [0.2, 0.25) is 0 Å². The first-order valence-electron chi connectivity index (χ1n) is 9.58. The fourth-order valence-corrected chi connectivity index (χ4v) is 4.54. The van der Waals surface area contributed by atoms with E-state index in [2.05, 4.69) is 46.2 Å². The first-order chi connectivity index (χ1) is 12.3. The first kappa shape index (κ1) is 16.6. The van der Waals surface area contributed by atoms with Crippen LogP contribution < -0.4 is 0 Å². The van der Waals surface area contributed by atoms with Crippen molar-refractivity contribution < 1.29 is 5.11 Å². The van der Waals surface area contributed by atoms with Crippen LogP contribution in [0, 0.1) is 0 Å². The highest BCUT2D eigenvalue weighted by Gasteiger charge is 2.39. The maximum absolute atomic E-state index is 9.70. The fraction of sp³-hybridized carbons (Fsp3) is 0.455. The van der Waals surface area contributed by atoms with Crippen molar-refractivity contribution >= 4 is 0 Å². The zero-order valence-corrected chi connectivity index (χ0v) is 14.8. The molecule has 2 saturated heterocycles. The molecule has 2 aromatic carbocycles. The number of benzene rings is 2. The monoisotopic (exact) mass is 336 g/mol. The van der Waals surface area contributed by atoms with Gasteiger partial charge >= 0.3 is 0 Å². The number of phenolic OH excluding ortho intramolecular Hbond substituents is 1. The smallest absolute Gasteiger partial charge is 0.115 e. The summed E-state index contributed by atoms with van der Waals surface area (Å²) in [5, 5.41) is 9.70. The van der Waals surface area contributed by atoms with Crippen molar-refractivity contribution in [1.82, 2.24) is 9.80 Å². The second-order valence-electron chi connectivity index (χ2n) is 7.58. The molecule has 132 valence electrons. The van der Waals surface area contributed by atoms with Crippen molar-refractivity contribution in [2.45, 2.75) is 44.3 Å². The van der Waals surface area contributed by atoms with Crippen molar-refractivity contribution in [2.75, 3.05) is 19.6 Å². The predicted molar refractivity (Wildman–Crippen MR) is 102 cm³/mol. The Morgan fingerprint density at radius 1 is 0.880 bits per heavy atom. The van der Waals surface area contributed by atoms with Crippen molar-refractivity contribution in [3.63, 3.8) is 0 Å². The van der Waals surface area contributed by atoms with Crippen LogP contribution in [0.5, 0.6) is 5.75 Å². The summed E-state index contributed by atoms with van der Waals surface area (Å²) in [6.45, 7) is 4.58. The van der Waals surface area contributed by atoms with Gasteiger partial charge in [0.25, 0.3) is 0 Å². The lowest BCUT2D eigenvalue weighted by molar-refractivity contribution is 0.0604. The van der Waals surface area contributed by atoms with Gasteiger partial charge in [-0.1, -0.05) is 42.5 Å². The molecule has 3 heteroatoms. The molecule has 2 aliphatic heterocycles. The van der Waals surface area contributed by atoms with Gasteiger partial charge in [0.2, 0.25) is 0 Å². The molecule has 2 fully saturated rings. The zero-order chi connectivity index (χ0) is 17.1. The second kappa shape index (κ2) is 7.59. The fourth-order valence-electron chi connectivity index (χ4n) is 4.54. The van der Waals surface area contributed by atoms with Crippen LogP contribution in [-0.2, 0) is 13.0 Å². The largest absolute Gasteiger partial charge is 0.508 e. The molecule has 25 heavy (non-hydrogen) atoms. The number of fused-ring (bicyclic) bond motifs is 2. The van der Waals surface area contributed by atoms with E-state index in [9.17, 15) is 5.11 Å². The standard InChI is InChI=1S/C22H28N2O/c25-22-10-4-8-19(14-22)15-24-20-11-12-21(24)17-23(16-20)13-5-9-18-6-2-1-3-7-18/h1-4,6-8,10,14,20-21,25H,5,9,11-13,15-17H2. The van der Waals surface area contributed by atoms with Gasteiger partial charge in [0, 0.05) is 31.7 Å². The first-order valence-corrected chi connectivity index (χ1v) is 9.58. The molecule has 0 aliphatic carbocycles. The van der Waals surface area contributed by atoms with Crippen molar-refractivity contribution in [3.05, 3.63) is 65.7 Å². The highest BCUT2D eigenvalue weighted by Crippen LogP contribution is 2.32. The number of aromatic hydroxyl groups is 1. The van der Waals surface area contributed by atoms with Gasteiger partial charge in [-0.3, -0.25) is 4.90 Å². The molecular weight excluding hydrogens is 308 g/mol. The molecule has 2 atom stereocenters. The van der Waals surface area contributed by atoms with E-state index in [1.807, 2.05) is 12.1 Å². The lowest BCUT2D eigenvalue weighted by Crippen LogP contribution is -2.53. The van der Waals surface area contributed by atoms with E-state index < -0.39 is 0 Å². The molecule has 0 radical (unpaired) electrons. The van der Waals surface area contributed by atoms with Crippen molar-refractivity contribution in [2.24, 2.45) is 0 Å². The van der Waals surface area contributed by atoms with E-state index in [1.165, 1.54) is 56.4 Å². The number of hydrogen-bond acceptors (Lipinski definition) is 3. The second-order valence-corrected chi connectivity index (χ2v) is 7.58. The van der Waals surface area contributed by atoms with E-state index in [0.717, 1.165) is 6.54 Å². The van der Waals surface area contributed by atoms with Gasteiger partial charge in [0.15, 0.2) is 0 Å².